The van der Waals surface area contributed by atoms with Gasteiger partial charge in [0.05, 0.1) is 19.8 Å². The number of fused-ring (bicyclic) bond motifs is 1. The molecule has 0 radical (unpaired) electrons. The van der Waals surface area contributed by atoms with E-state index in [0.29, 0.717) is 13.0 Å². The van der Waals surface area contributed by atoms with E-state index in [1.54, 1.807) is 0 Å². The Morgan fingerprint density at radius 2 is 1.87 bits per heavy atom. The van der Waals surface area contributed by atoms with E-state index in [1.165, 1.54) is 11.1 Å². The number of hydrogen-bond donors (Lipinski definition) is 2. The normalized spacial score (nSPS) is 17.9. The van der Waals surface area contributed by atoms with Crippen molar-refractivity contribution in [2.75, 3.05) is 52.5 Å². The summed E-state index contributed by atoms with van der Waals surface area (Å²) >= 11 is 0. The Bertz CT molecular complexity index is 743. The summed E-state index contributed by atoms with van der Waals surface area (Å²) < 4.78 is 5.47. The molecule has 2 N–H and O–H groups in total. The number of aliphatic imine (C=N–C) groups is 1. The zero-order chi connectivity index (χ0) is 22.1. The van der Waals surface area contributed by atoms with Gasteiger partial charge in [-0.05, 0) is 44.7 Å². The van der Waals surface area contributed by atoms with Crippen molar-refractivity contribution in [1.29, 1.82) is 0 Å². The van der Waals surface area contributed by atoms with E-state index in [2.05, 4.69) is 60.6 Å². The average Bonchev–Trinajstić information content (AvgIpc) is 2.80. The SMILES string of the molecule is CCNC(=NCC(C)(C)N1CCOCC1)NCCCC(=O)N1CCc2ccccc2C1. The maximum absolute atomic E-state index is 12.6. The fourth-order valence-electron chi connectivity index (χ4n) is 4.20. The van der Waals surface area contributed by atoms with Crippen molar-refractivity contribution in [1.82, 2.24) is 20.4 Å². The lowest BCUT2D eigenvalue weighted by molar-refractivity contribution is -0.132. The maximum Gasteiger partial charge on any atom is 0.222 e. The standard InChI is InChI=1S/C24H39N5O2/c1-4-25-23(27-19-24(2,3)29-14-16-31-17-15-29)26-12-7-10-22(30)28-13-11-20-8-5-6-9-21(20)18-28/h5-6,8-9H,4,7,10-19H2,1-3H3,(H2,25,26,27). The van der Waals surface area contributed by atoms with Crippen LogP contribution in [-0.2, 0) is 22.5 Å². The number of hydrogen-bond acceptors (Lipinski definition) is 4. The highest BCUT2D eigenvalue weighted by molar-refractivity contribution is 5.80. The Balaban J connectivity index is 1.42. The molecule has 0 saturated carbocycles. The molecule has 0 unspecified atom stereocenters. The Morgan fingerprint density at radius 3 is 2.61 bits per heavy atom. The molecule has 7 nitrogen and oxygen atoms in total. The molecule has 1 saturated heterocycles. The second-order valence-electron chi connectivity index (χ2n) is 8.97. The van der Waals surface area contributed by atoms with Gasteiger partial charge in [0.15, 0.2) is 5.96 Å². The molecule has 2 aliphatic rings. The molecule has 2 heterocycles. The van der Waals surface area contributed by atoms with Crippen LogP contribution in [0.25, 0.3) is 0 Å². The molecular formula is C24H39N5O2. The summed E-state index contributed by atoms with van der Waals surface area (Å²) in [5, 5.41) is 6.72. The number of guanidine groups is 1. The van der Waals surface area contributed by atoms with Crippen LogP contribution in [0.2, 0.25) is 0 Å². The number of morpholine rings is 1. The monoisotopic (exact) mass is 429 g/mol. The predicted octanol–water partition coefficient (Wildman–Crippen LogP) is 2.02. The highest BCUT2D eigenvalue weighted by Crippen LogP contribution is 2.19. The van der Waals surface area contributed by atoms with Gasteiger partial charge in [-0.25, -0.2) is 0 Å². The first-order chi connectivity index (χ1) is 15.0. The van der Waals surface area contributed by atoms with E-state index in [4.69, 9.17) is 9.73 Å². The largest absolute Gasteiger partial charge is 0.379 e. The van der Waals surface area contributed by atoms with Gasteiger partial charge in [0.2, 0.25) is 5.91 Å². The van der Waals surface area contributed by atoms with Crippen LogP contribution in [0, 0.1) is 0 Å². The number of benzene rings is 1. The molecule has 1 aromatic carbocycles. The Labute approximate surface area is 187 Å². The summed E-state index contributed by atoms with van der Waals surface area (Å²) in [4.78, 5) is 21.9. The van der Waals surface area contributed by atoms with Crippen molar-refractivity contribution in [3.8, 4) is 0 Å². The van der Waals surface area contributed by atoms with Gasteiger partial charge in [-0.15, -0.1) is 0 Å². The number of amides is 1. The molecular weight excluding hydrogens is 390 g/mol. The first-order valence-electron chi connectivity index (χ1n) is 11.7. The maximum atomic E-state index is 12.6. The summed E-state index contributed by atoms with van der Waals surface area (Å²) in [6.07, 6.45) is 2.32. The third-order valence-corrected chi connectivity index (χ3v) is 6.18. The molecule has 0 bridgehead atoms. The zero-order valence-corrected chi connectivity index (χ0v) is 19.5. The van der Waals surface area contributed by atoms with Crippen LogP contribution in [0.4, 0.5) is 0 Å². The number of rotatable bonds is 8. The molecule has 0 atom stereocenters. The Hall–Kier alpha value is -2.12. The molecule has 0 spiro atoms. The molecule has 3 rings (SSSR count). The average molecular weight is 430 g/mol. The lowest BCUT2D eigenvalue weighted by atomic mass is 9.99. The van der Waals surface area contributed by atoms with E-state index in [-0.39, 0.29) is 11.4 Å². The van der Waals surface area contributed by atoms with Crippen molar-refractivity contribution >= 4 is 11.9 Å². The predicted molar refractivity (Wildman–Crippen MR) is 125 cm³/mol. The minimum Gasteiger partial charge on any atom is -0.379 e. The minimum atomic E-state index is -0.00729. The van der Waals surface area contributed by atoms with E-state index in [1.807, 2.05) is 4.90 Å². The Kier molecular flexibility index (Phi) is 8.72. The minimum absolute atomic E-state index is 0.00729. The van der Waals surface area contributed by atoms with E-state index in [0.717, 1.165) is 71.3 Å². The molecule has 0 aliphatic carbocycles. The van der Waals surface area contributed by atoms with Crippen LogP contribution in [0.5, 0.6) is 0 Å². The number of nitrogens with one attached hydrogen (secondary N) is 2. The van der Waals surface area contributed by atoms with Gasteiger partial charge in [-0.3, -0.25) is 14.7 Å². The third kappa shape index (κ3) is 6.94. The number of ether oxygens (including phenoxy) is 1. The lowest BCUT2D eigenvalue weighted by Gasteiger charge is -2.39. The van der Waals surface area contributed by atoms with Crippen LogP contribution in [-0.4, -0.2) is 79.7 Å². The van der Waals surface area contributed by atoms with Gasteiger partial charge in [-0.1, -0.05) is 24.3 Å². The van der Waals surface area contributed by atoms with Crippen LogP contribution in [0.15, 0.2) is 29.3 Å². The van der Waals surface area contributed by atoms with E-state index < -0.39 is 0 Å². The van der Waals surface area contributed by atoms with Gasteiger partial charge in [0.1, 0.15) is 0 Å². The van der Waals surface area contributed by atoms with Crippen molar-refractivity contribution in [3.05, 3.63) is 35.4 Å². The van der Waals surface area contributed by atoms with Gasteiger partial charge >= 0.3 is 0 Å². The molecule has 1 aromatic rings. The zero-order valence-electron chi connectivity index (χ0n) is 19.5. The first-order valence-corrected chi connectivity index (χ1v) is 11.7. The molecule has 2 aliphatic heterocycles. The second-order valence-corrected chi connectivity index (χ2v) is 8.97. The molecule has 1 fully saturated rings. The number of carbonyl (C=O) groups excluding carboxylic acids is 1. The molecule has 7 heteroatoms. The van der Waals surface area contributed by atoms with Gasteiger partial charge in [-0.2, -0.15) is 0 Å². The summed E-state index contributed by atoms with van der Waals surface area (Å²) in [7, 11) is 0. The quantitative estimate of drug-likeness (QED) is 0.376. The van der Waals surface area contributed by atoms with E-state index >= 15 is 0 Å². The molecule has 1 amide bonds. The molecule has 172 valence electrons. The molecule has 0 aromatic heterocycles. The fraction of sp³-hybridized carbons (Fsp3) is 0.667. The van der Waals surface area contributed by atoms with Crippen LogP contribution >= 0.6 is 0 Å². The number of nitrogens with zero attached hydrogens (tertiary/aromatic N) is 3. The van der Waals surface area contributed by atoms with Gasteiger partial charge in [0, 0.05) is 51.2 Å². The lowest BCUT2D eigenvalue weighted by Crippen LogP contribution is -2.52. The highest BCUT2D eigenvalue weighted by atomic mass is 16.5. The summed E-state index contributed by atoms with van der Waals surface area (Å²) in [5.74, 6) is 1.06. The van der Waals surface area contributed by atoms with Crippen molar-refractivity contribution in [3.63, 3.8) is 0 Å². The van der Waals surface area contributed by atoms with Crippen LogP contribution < -0.4 is 10.6 Å². The van der Waals surface area contributed by atoms with Crippen molar-refractivity contribution in [2.24, 2.45) is 4.99 Å². The fourth-order valence-corrected chi connectivity index (χ4v) is 4.20. The summed E-state index contributed by atoms with van der Waals surface area (Å²) in [6, 6.07) is 8.43. The third-order valence-electron chi connectivity index (χ3n) is 6.18. The van der Waals surface area contributed by atoms with Gasteiger partial charge in [0.25, 0.3) is 0 Å². The van der Waals surface area contributed by atoms with Crippen LogP contribution in [0.3, 0.4) is 0 Å². The smallest absolute Gasteiger partial charge is 0.222 e. The van der Waals surface area contributed by atoms with Crippen molar-refractivity contribution in [2.45, 2.75) is 52.1 Å². The Morgan fingerprint density at radius 1 is 1.13 bits per heavy atom. The summed E-state index contributed by atoms with van der Waals surface area (Å²) in [5.41, 5.74) is 2.65. The van der Waals surface area contributed by atoms with Crippen molar-refractivity contribution < 1.29 is 9.53 Å². The van der Waals surface area contributed by atoms with Gasteiger partial charge < -0.3 is 20.3 Å². The summed E-state index contributed by atoms with van der Waals surface area (Å²) in [6.45, 7) is 13.9. The highest BCUT2D eigenvalue weighted by Gasteiger charge is 2.28. The topological polar surface area (TPSA) is 69.2 Å². The first kappa shape index (κ1) is 23.5. The van der Waals surface area contributed by atoms with E-state index in [9.17, 15) is 4.79 Å². The van der Waals surface area contributed by atoms with Crippen LogP contribution in [0.1, 0.15) is 44.7 Å². The second kappa shape index (κ2) is 11.5. The number of carbonyl (C=O) groups is 1. The molecule has 31 heavy (non-hydrogen) atoms.